The average molecular weight is 310 g/mol. The topological polar surface area (TPSA) is 43.1 Å². The van der Waals surface area contributed by atoms with Gasteiger partial charge in [-0.05, 0) is 49.1 Å². The minimum Gasteiger partial charge on any atom is -0.284 e. The van der Waals surface area contributed by atoms with Crippen LogP contribution in [-0.4, -0.2) is 27.0 Å². The van der Waals surface area contributed by atoms with Gasteiger partial charge in [-0.25, -0.2) is 0 Å². The van der Waals surface area contributed by atoms with Crippen molar-refractivity contribution in [2.45, 2.75) is 40.7 Å². The van der Waals surface area contributed by atoms with E-state index in [1.165, 1.54) is 0 Å². The van der Waals surface area contributed by atoms with Gasteiger partial charge < -0.3 is 0 Å². The Hall–Kier alpha value is -2.23. The largest absolute Gasteiger partial charge is 0.284 e. The highest BCUT2D eigenvalue weighted by atomic mass is 15.3. The molecule has 2 aromatic rings. The summed E-state index contributed by atoms with van der Waals surface area (Å²) >= 11 is 0. The first-order chi connectivity index (χ1) is 11.1. The van der Waals surface area contributed by atoms with Crippen LogP contribution in [0.4, 0.5) is 0 Å². The van der Waals surface area contributed by atoms with Crippen molar-refractivity contribution < 1.29 is 0 Å². The van der Waals surface area contributed by atoms with Gasteiger partial charge >= 0.3 is 0 Å². The van der Waals surface area contributed by atoms with Crippen molar-refractivity contribution in [2.24, 2.45) is 10.9 Å². The maximum atomic E-state index is 4.74. The lowest BCUT2D eigenvalue weighted by Crippen LogP contribution is -2.06. The maximum absolute atomic E-state index is 4.74. The Balaban J connectivity index is 2.26. The molecule has 23 heavy (non-hydrogen) atoms. The zero-order chi connectivity index (χ0) is 16.7. The molecule has 0 amide bonds. The predicted molar refractivity (Wildman–Crippen MR) is 96.6 cm³/mol. The van der Waals surface area contributed by atoms with Crippen molar-refractivity contribution in [3.63, 3.8) is 0 Å². The number of aromatic nitrogens is 3. The molecule has 0 unspecified atom stereocenters. The molecule has 4 heteroatoms. The summed E-state index contributed by atoms with van der Waals surface area (Å²) in [5.41, 5.74) is 4.13. The minimum atomic E-state index is 0.588. The summed E-state index contributed by atoms with van der Waals surface area (Å²) in [5.74, 6) is 0.588. The van der Waals surface area contributed by atoms with Gasteiger partial charge in [0.05, 0.1) is 11.4 Å². The summed E-state index contributed by atoms with van der Waals surface area (Å²) < 4.78 is 2.00. The van der Waals surface area contributed by atoms with Gasteiger partial charge in [0.25, 0.3) is 0 Å². The van der Waals surface area contributed by atoms with E-state index in [-0.39, 0.29) is 0 Å². The van der Waals surface area contributed by atoms with Crippen LogP contribution < -0.4 is 0 Å². The number of aliphatic imine (C=N–C) groups is 1. The van der Waals surface area contributed by atoms with Crippen molar-refractivity contribution in [3.05, 3.63) is 53.6 Å². The highest BCUT2D eigenvalue weighted by molar-refractivity contribution is 6.14. The summed E-state index contributed by atoms with van der Waals surface area (Å²) in [6.07, 6.45) is 8.81. The number of pyridine rings is 1. The lowest BCUT2D eigenvalue weighted by molar-refractivity contribution is 0.482. The molecule has 0 spiro atoms. The molecule has 0 bridgehead atoms. The van der Waals surface area contributed by atoms with Gasteiger partial charge in [0.15, 0.2) is 0 Å². The van der Waals surface area contributed by atoms with Crippen LogP contribution in [0.5, 0.6) is 0 Å². The van der Waals surface area contributed by atoms with E-state index in [9.17, 15) is 0 Å². The number of nitrogens with zero attached hydrogens (tertiary/aromatic N) is 4. The van der Waals surface area contributed by atoms with E-state index in [0.717, 1.165) is 42.1 Å². The molecule has 122 valence electrons. The average Bonchev–Trinajstić information content (AvgIpc) is 2.95. The molecule has 0 N–H and O–H groups in total. The second-order valence-corrected chi connectivity index (χ2v) is 6.16. The molecule has 2 rings (SSSR count). The van der Waals surface area contributed by atoms with Crippen molar-refractivity contribution in [1.29, 1.82) is 0 Å². The lowest BCUT2D eigenvalue weighted by Gasteiger charge is -2.07. The molecule has 0 aromatic carbocycles. The fraction of sp³-hybridized carbons (Fsp3) is 0.421. The monoisotopic (exact) mass is 310 g/mol. The molecule has 0 aliphatic carbocycles. The highest BCUT2D eigenvalue weighted by Gasteiger charge is 2.07. The second kappa shape index (κ2) is 8.42. The Bertz CT molecular complexity index is 666. The van der Waals surface area contributed by atoms with E-state index in [1.54, 1.807) is 6.20 Å². The van der Waals surface area contributed by atoms with Gasteiger partial charge in [-0.3, -0.25) is 14.7 Å². The van der Waals surface area contributed by atoms with Crippen LogP contribution >= 0.6 is 0 Å². The summed E-state index contributed by atoms with van der Waals surface area (Å²) in [5, 5.41) is 4.62. The van der Waals surface area contributed by atoms with E-state index >= 15 is 0 Å². The van der Waals surface area contributed by atoms with Gasteiger partial charge in [0.2, 0.25) is 0 Å². The van der Waals surface area contributed by atoms with Gasteiger partial charge in [0.1, 0.15) is 0 Å². The van der Waals surface area contributed by atoms with Crippen LogP contribution in [0.2, 0.25) is 0 Å². The molecule has 0 saturated heterocycles. The molecule has 2 heterocycles. The number of allylic oxidation sites excluding steroid dienone is 1. The van der Waals surface area contributed by atoms with Crippen molar-refractivity contribution in [3.8, 4) is 0 Å². The Kier molecular flexibility index (Phi) is 6.27. The van der Waals surface area contributed by atoms with Crippen LogP contribution in [0.3, 0.4) is 0 Å². The lowest BCUT2D eigenvalue weighted by atomic mass is 10.0. The van der Waals surface area contributed by atoms with Crippen molar-refractivity contribution in [2.75, 3.05) is 6.54 Å². The molecule has 0 fully saturated rings. The SMILES string of the molecule is CCC/N=C(\C(C)=C\c1ccn(CC(C)C)n1)c1cccnc1. The number of hydrogen-bond donors (Lipinski definition) is 0. The van der Waals surface area contributed by atoms with Crippen molar-refractivity contribution in [1.82, 2.24) is 14.8 Å². The first kappa shape index (κ1) is 17.1. The van der Waals surface area contributed by atoms with E-state index in [1.807, 2.05) is 29.2 Å². The second-order valence-electron chi connectivity index (χ2n) is 6.16. The molecule has 2 aromatic heterocycles. The summed E-state index contributed by atoms with van der Waals surface area (Å²) in [7, 11) is 0. The van der Waals surface area contributed by atoms with Crippen LogP contribution in [0.15, 0.2) is 47.4 Å². The highest BCUT2D eigenvalue weighted by Crippen LogP contribution is 2.13. The normalized spacial score (nSPS) is 12.9. The smallest absolute Gasteiger partial charge is 0.0854 e. The third-order valence-electron chi connectivity index (χ3n) is 3.38. The summed E-state index contributed by atoms with van der Waals surface area (Å²) in [4.78, 5) is 8.95. The van der Waals surface area contributed by atoms with Crippen molar-refractivity contribution >= 4 is 11.8 Å². The summed E-state index contributed by atoms with van der Waals surface area (Å²) in [6.45, 7) is 10.4. The first-order valence-electron chi connectivity index (χ1n) is 8.27. The predicted octanol–water partition coefficient (Wildman–Crippen LogP) is 4.24. The fourth-order valence-corrected chi connectivity index (χ4v) is 2.39. The third-order valence-corrected chi connectivity index (χ3v) is 3.38. The van der Waals surface area contributed by atoms with E-state index in [0.29, 0.717) is 5.92 Å². The number of rotatable bonds is 7. The Labute approximate surface area is 139 Å². The molecular weight excluding hydrogens is 284 g/mol. The van der Waals surface area contributed by atoms with Crippen LogP contribution in [0.25, 0.3) is 6.08 Å². The zero-order valence-electron chi connectivity index (χ0n) is 14.5. The molecule has 4 nitrogen and oxygen atoms in total. The minimum absolute atomic E-state index is 0.588. The molecule has 0 saturated carbocycles. The maximum Gasteiger partial charge on any atom is 0.0854 e. The van der Waals surface area contributed by atoms with Crippen LogP contribution in [-0.2, 0) is 6.54 Å². The fourth-order valence-electron chi connectivity index (χ4n) is 2.39. The van der Waals surface area contributed by atoms with Gasteiger partial charge in [-0.15, -0.1) is 0 Å². The quantitative estimate of drug-likeness (QED) is 0.718. The molecule has 0 atom stereocenters. The van der Waals surface area contributed by atoms with Gasteiger partial charge in [-0.2, -0.15) is 5.10 Å². The third kappa shape index (κ3) is 5.16. The molecule has 0 radical (unpaired) electrons. The van der Waals surface area contributed by atoms with Gasteiger partial charge in [-0.1, -0.05) is 20.8 Å². The van der Waals surface area contributed by atoms with Gasteiger partial charge in [0, 0.05) is 37.2 Å². The zero-order valence-corrected chi connectivity index (χ0v) is 14.5. The van der Waals surface area contributed by atoms with Crippen LogP contribution in [0.1, 0.15) is 45.4 Å². The van der Waals surface area contributed by atoms with E-state index < -0.39 is 0 Å². The van der Waals surface area contributed by atoms with E-state index in [2.05, 4.69) is 49.9 Å². The Morgan fingerprint density at radius 3 is 2.83 bits per heavy atom. The Morgan fingerprint density at radius 2 is 2.17 bits per heavy atom. The standard InChI is InChI=1S/C19H26N4/c1-5-9-21-19(17-7-6-10-20-13-17)16(4)12-18-8-11-23(22-18)14-15(2)3/h6-8,10-13,15H,5,9,14H2,1-4H3/b16-12+,21-19+. The summed E-state index contributed by atoms with van der Waals surface area (Å²) in [6, 6.07) is 6.05. The van der Waals surface area contributed by atoms with Crippen LogP contribution in [0, 0.1) is 5.92 Å². The van der Waals surface area contributed by atoms with E-state index in [4.69, 9.17) is 4.99 Å². The molecule has 0 aliphatic heterocycles. The number of hydrogen-bond acceptors (Lipinski definition) is 3. The molecule has 0 aliphatic rings. The first-order valence-corrected chi connectivity index (χ1v) is 8.27. The Morgan fingerprint density at radius 1 is 1.35 bits per heavy atom. The molecular formula is C19H26N4.